The number of ether oxygens (including phenoxy) is 1. The standard InChI is InChI=1S/C16H23NO3/c1-15(2,16(3,4)19)17-14(18)11-8-12-6-9-13(20-5)10-7-12/h6-11,19H,1-5H3,(H,17,18)/b11-8+. The van der Waals surface area contributed by atoms with Gasteiger partial charge in [-0.2, -0.15) is 0 Å². The maximum Gasteiger partial charge on any atom is 0.244 e. The highest BCUT2D eigenvalue weighted by atomic mass is 16.5. The number of hydrogen-bond acceptors (Lipinski definition) is 3. The Hall–Kier alpha value is -1.81. The van der Waals surface area contributed by atoms with Crippen molar-refractivity contribution in [3.8, 4) is 5.75 Å². The minimum absolute atomic E-state index is 0.243. The van der Waals surface area contributed by atoms with Gasteiger partial charge >= 0.3 is 0 Å². The maximum absolute atomic E-state index is 11.9. The summed E-state index contributed by atoms with van der Waals surface area (Å²) in [4.78, 5) is 11.9. The van der Waals surface area contributed by atoms with Gasteiger partial charge in [-0.3, -0.25) is 4.79 Å². The van der Waals surface area contributed by atoms with Gasteiger partial charge in [0.25, 0.3) is 0 Å². The summed E-state index contributed by atoms with van der Waals surface area (Å²) in [6.45, 7) is 6.90. The molecule has 0 saturated heterocycles. The molecule has 20 heavy (non-hydrogen) atoms. The Kier molecular flexibility index (Phi) is 4.95. The van der Waals surface area contributed by atoms with Crippen molar-refractivity contribution in [1.82, 2.24) is 5.32 Å². The van der Waals surface area contributed by atoms with Crippen LogP contribution in [-0.2, 0) is 4.79 Å². The van der Waals surface area contributed by atoms with Crippen LogP contribution in [0.15, 0.2) is 30.3 Å². The molecular weight excluding hydrogens is 254 g/mol. The van der Waals surface area contributed by atoms with Crippen molar-refractivity contribution < 1.29 is 14.6 Å². The van der Waals surface area contributed by atoms with Crippen LogP contribution in [0.5, 0.6) is 5.75 Å². The van der Waals surface area contributed by atoms with Gasteiger partial charge in [-0.05, 0) is 51.5 Å². The second-order valence-electron chi connectivity index (χ2n) is 5.78. The van der Waals surface area contributed by atoms with Crippen molar-refractivity contribution in [2.24, 2.45) is 0 Å². The summed E-state index contributed by atoms with van der Waals surface area (Å²) in [6, 6.07) is 7.39. The highest BCUT2D eigenvalue weighted by Crippen LogP contribution is 2.20. The van der Waals surface area contributed by atoms with Gasteiger partial charge in [0.2, 0.25) is 5.91 Å². The molecule has 1 aromatic carbocycles. The fourth-order valence-corrected chi connectivity index (χ4v) is 1.39. The van der Waals surface area contributed by atoms with Crippen molar-refractivity contribution in [3.05, 3.63) is 35.9 Å². The molecule has 0 aliphatic rings. The third-order valence-corrected chi connectivity index (χ3v) is 3.51. The maximum atomic E-state index is 11.9. The van der Waals surface area contributed by atoms with E-state index in [4.69, 9.17) is 4.74 Å². The third kappa shape index (κ3) is 4.38. The molecule has 0 bridgehead atoms. The van der Waals surface area contributed by atoms with Gasteiger partial charge in [0.05, 0.1) is 18.2 Å². The Labute approximate surface area is 120 Å². The predicted molar refractivity (Wildman–Crippen MR) is 80.5 cm³/mol. The van der Waals surface area contributed by atoms with E-state index >= 15 is 0 Å². The Bertz CT molecular complexity index is 481. The molecule has 1 rings (SSSR count). The highest BCUT2D eigenvalue weighted by molar-refractivity contribution is 5.92. The lowest BCUT2D eigenvalue weighted by Gasteiger charge is -2.37. The van der Waals surface area contributed by atoms with Crippen LogP contribution in [0.1, 0.15) is 33.3 Å². The van der Waals surface area contributed by atoms with Crippen molar-refractivity contribution in [2.75, 3.05) is 7.11 Å². The number of benzene rings is 1. The zero-order valence-electron chi connectivity index (χ0n) is 12.7. The molecular formula is C16H23NO3. The highest BCUT2D eigenvalue weighted by Gasteiger charge is 2.35. The largest absolute Gasteiger partial charge is 0.497 e. The molecule has 0 heterocycles. The smallest absolute Gasteiger partial charge is 0.244 e. The molecule has 110 valence electrons. The van der Waals surface area contributed by atoms with E-state index in [1.807, 2.05) is 24.3 Å². The number of nitrogens with one attached hydrogen (secondary N) is 1. The Morgan fingerprint density at radius 3 is 2.20 bits per heavy atom. The average Bonchev–Trinajstić information content (AvgIpc) is 2.35. The minimum atomic E-state index is -1.00. The van der Waals surface area contributed by atoms with E-state index in [2.05, 4.69) is 5.32 Å². The molecule has 0 aliphatic carbocycles. The zero-order valence-corrected chi connectivity index (χ0v) is 12.7. The molecule has 1 aromatic rings. The van der Waals surface area contributed by atoms with Crippen molar-refractivity contribution >= 4 is 12.0 Å². The van der Waals surface area contributed by atoms with Crippen LogP contribution >= 0.6 is 0 Å². The van der Waals surface area contributed by atoms with Gasteiger partial charge in [-0.1, -0.05) is 12.1 Å². The van der Waals surface area contributed by atoms with Crippen LogP contribution in [0.4, 0.5) is 0 Å². The van der Waals surface area contributed by atoms with Crippen LogP contribution < -0.4 is 10.1 Å². The van der Waals surface area contributed by atoms with Crippen LogP contribution in [0.3, 0.4) is 0 Å². The number of hydrogen-bond donors (Lipinski definition) is 2. The summed E-state index contributed by atoms with van der Waals surface area (Å²) in [5.74, 6) is 0.530. The number of amides is 1. The third-order valence-electron chi connectivity index (χ3n) is 3.51. The van der Waals surface area contributed by atoms with E-state index in [9.17, 15) is 9.90 Å². The first kappa shape index (κ1) is 16.2. The van der Waals surface area contributed by atoms with Gasteiger partial charge in [0, 0.05) is 6.08 Å². The van der Waals surface area contributed by atoms with E-state index in [1.165, 1.54) is 6.08 Å². The molecule has 4 nitrogen and oxygen atoms in total. The van der Waals surface area contributed by atoms with Crippen LogP contribution in [0.2, 0.25) is 0 Å². The molecule has 0 radical (unpaired) electrons. The van der Waals surface area contributed by atoms with Gasteiger partial charge in [-0.25, -0.2) is 0 Å². The summed E-state index contributed by atoms with van der Waals surface area (Å²) in [7, 11) is 1.61. The number of carbonyl (C=O) groups excluding carboxylic acids is 1. The lowest BCUT2D eigenvalue weighted by atomic mass is 9.86. The SMILES string of the molecule is COc1ccc(/C=C/C(=O)NC(C)(C)C(C)(C)O)cc1. The van der Waals surface area contributed by atoms with Crippen LogP contribution in [0, 0.1) is 0 Å². The number of aliphatic hydroxyl groups is 1. The van der Waals surface area contributed by atoms with E-state index in [-0.39, 0.29) is 5.91 Å². The summed E-state index contributed by atoms with van der Waals surface area (Å²) < 4.78 is 5.07. The van der Waals surface area contributed by atoms with E-state index in [1.54, 1.807) is 40.9 Å². The molecule has 0 unspecified atom stereocenters. The van der Waals surface area contributed by atoms with Crippen molar-refractivity contribution in [3.63, 3.8) is 0 Å². The number of rotatable bonds is 5. The van der Waals surface area contributed by atoms with Crippen molar-refractivity contribution in [1.29, 1.82) is 0 Å². The van der Waals surface area contributed by atoms with Gasteiger partial charge in [-0.15, -0.1) is 0 Å². The fraction of sp³-hybridized carbons (Fsp3) is 0.438. The van der Waals surface area contributed by atoms with Crippen LogP contribution in [0.25, 0.3) is 6.08 Å². The first-order chi connectivity index (χ1) is 9.15. The van der Waals surface area contributed by atoms with E-state index < -0.39 is 11.1 Å². The zero-order chi connectivity index (χ0) is 15.4. The second-order valence-corrected chi connectivity index (χ2v) is 5.78. The fourth-order valence-electron chi connectivity index (χ4n) is 1.39. The summed E-state index contributed by atoms with van der Waals surface area (Å²) in [5, 5.41) is 12.8. The van der Waals surface area contributed by atoms with E-state index in [0.29, 0.717) is 0 Å². The summed E-state index contributed by atoms with van der Waals surface area (Å²) >= 11 is 0. The number of methoxy groups -OCH3 is 1. The molecule has 2 N–H and O–H groups in total. The first-order valence-corrected chi connectivity index (χ1v) is 6.52. The minimum Gasteiger partial charge on any atom is -0.497 e. The van der Waals surface area contributed by atoms with Gasteiger partial charge in [0.15, 0.2) is 0 Å². The lowest BCUT2D eigenvalue weighted by molar-refractivity contribution is -0.121. The Morgan fingerprint density at radius 2 is 1.75 bits per heavy atom. The molecule has 0 saturated carbocycles. The molecule has 0 aliphatic heterocycles. The molecule has 0 atom stereocenters. The Balaban J connectivity index is 2.68. The molecule has 0 spiro atoms. The van der Waals surface area contributed by atoms with E-state index in [0.717, 1.165) is 11.3 Å². The van der Waals surface area contributed by atoms with Gasteiger partial charge in [0.1, 0.15) is 5.75 Å². The predicted octanol–water partition coefficient (Wildman–Crippen LogP) is 2.37. The normalized spacial score (nSPS) is 12.5. The lowest BCUT2D eigenvalue weighted by Crippen LogP contribution is -2.57. The quantitative estimate of drug-likeness (QED) is 0.812. The summed E-state index contributed by atoms with van der Waals surface area (Å²) in [5.41, 5.74) is -0.813. The molecule has 0 fully saturated rings. The molecule has 1 amide bonds. The molecule has 0 aromatic heterocycles. The van der Waals surface area contributed by atoms with Crippen LogP contribution in [-0.4, -0.2) is 29.3 Å². The first-order valence-electron chi connectivity index (χ1n) is 6.52. The average molecular weight is 277 g/mol. The van der Waals surface area contributed by atoms with Crippen molar-refractivity contribution in [2.45, 2.75) is 38.8 Å². The Morgan fingerprint density at radius 1 is 1.20 bits per heavy atom. The van der Waals surface area contributed by atoms with Gasteiger partial charge < -0.3 is 15.2 Å². The summed E-state index contributed by atoms with van der Waals surface area (Å²) in [6.07, 6.45) is 3.17. The topological polar surface area (TPSA) is 58.6 Å². The number of carbonyl (C=O) groups is 1. The second kappa shape index (κ2) is 6.09. The molecule has 4 heteroatoms. The monoisotopic (exact) mass is 277 g/mol.